The number of benzene rings is 1. The monoisotopic (exact) mass is 369 g/mol. The Morgan fingerprint density at radius 1 is 1.32 bits per heavy atom. The first kappa shape index (κ1) is 14.5. The Hall–Kier alpha value is -0.880. The Balaban J connectivity index is 2.34. The van der Waals surface area contributed by atoms with Crippen molar-refractivity contribution in [2.45, 2.75) is 32.7 Å². The molecule has 0 aliphatic rings. The van der Waals surface area contributed by atoms with Gasteiger partial charge in [0.1, 0.15) is 0 Å². The van der Waals surface area contributed by atoms with E-state index in [9.17, 15) is 0 Å². The molecule has 0 bridgehead atoms. The molecule has 1 unspecified atom stereocenters. The lowest BCUT2D eigenvalue weighted by molar-refractivity contribution is 0.515. The number of nitrogens with zero attached hydrogens (tertiary/aromatic N) is 2. The predicted molar refractivity (Wildman–Crippen MR) is 87.6 cm³/mol. The summed E-state index contributed by atoms with van der Waals surface area (Å²) >= 11 is 2.29. The molecule has 4 heteroatoms. The van der Waals surface area contributed by atoms with Gasteiger partial charge < -0.3 is 5.32 Å². The van der Waals surface area contributed by atoms with Crippen molar-refractivity contribution in [3.8, 4) is 5.69 Å². The number of para-hydroxylation sites is 1. The van der Waals surface area contributed by atoms with Gasteiger partial charge in [-0.3, -0.25) is 0 Å². The highest BCUT2D eigenvalue weighted by Gasteiger charge is 2.14. The maximum atomic E-state index is 4.43. The lowest BCUT2D eigenvalue weighted by Gasteiger charge is -2.20. The molecule has 2 rings (SSSR count). The third-order valence-corrected chi connectivity index (χ3v) is 3.72. The maximum absolute atomic E-state index is 4.43. The highest BCUT2D eigenvalue weighted by Crippen LogP contribution is 2.24. The minimum Gasteiger partial charge on any atom is -0.310 e. The van der Waals surface area contributed by atoms with Crippen LogP contribution >= 0.6 is 22.6 Å². The average Bonchev–Trinajstić information content (AvgIpc) is 2.87. The number of hydrogen-bond acceptors (Lipinski definition) is 2. The van der Waals surface area contributed by atoms with Gasteiger partial charge in [-0.15, -0.1) is 0 Å². The van der Waals surface area contributed by atoms with Gasteiger partial charge in [0.05, 0.1) is 15.5 Å². The van der Waals surface area contributed by atoms with Gasteiger partial charge in [-0.1, -0.05) is 32.0 Å². The fourth-order valence-electron chi connectivity index (χ4n) is 2.22. The van der Waals surface area contributed by atoms with Crippen LogP contribution in [0.1, 0.15) is 38.3 Å². The molecule has 1 aromatic heterocycles. The number of nitrogens with one attached hydrogen (secondary N) is 1. The second-order valence-corrected chi connectivity index (χ2v) is 5.82. The molecule has 1 N–H and O–H groups in total. The molecule has 0 radical (unpaired) electrons. The summed E-state index contributed by atoms with van der Waals surface area (Å²) in [6.07, 6.45) is 6.18. The van der Waals surface area contributed by atoms with Gasteiger partial charge in [-0.05, 0) is 53.6 Å². The number of hydrogen-bond donors (Lipinski definition) is 1. The molecule has 1 atom stereocenters. The van der Waals surface area contributed by atoms with Gasteiger partial charge in [0.2, 0.25) is 0 Å². The summed E-state index contributed by atoms with van der Waals surface area (Å²) in [5.74, 6) is 0. The van der Waals surface area contributed by atoms with Crippen LogP contribution in [0.15, 0.2) is 36.7 Å². The summed E-state index contributed by atoms with van der Waals surface area (Å²) < 4.78 is 3.12. The van der Waals surface area contributed by atoms with Crippen LogP contribution in [0.5, 0.6) is 0 Å². The van der Waals surface area contributed by atoms with Crippen molar-refractivity contribution in [1.82, 2.24) is 15.1 Å². The molecule has 0 aliphatic carbocycles. The zero-order valence-corrected chi connectivity index (χ0v) is 13.6. The van der Waals surface area contributed by atoms with Crippen molar-refractivity contribution < 1.29 is 0 Å². The van der Waals surface area contributed by atoms with E-state index in [1.807, 2.05) is 10.9 Å². The Labute approximate surface area is 128 Å². The van der Waals surface area contributed by atoms with Crippen LogP contribution in [-0.4, -0.2) is 16.3 Å². The van der Waals surface area contributed by atoms with Crippen molar-refractivity contribution in [1.29, 1.82) is 0 Å². The van der Waals surface area contributed by atoms with Crippen molar-refractivity contribution in [3.05, 3.63) is 45.8 Å². The van der Waals surface area contributed by atoms with Crippen LogP contribution < -0.4 is 5.32 Å². The van der Waals surface area contributed by atoms with E-state index in [0.717, 1.165) is 23.0 Å². The molecule has 0 fully saturated rings. The molecule has 2 aromatic rings. The first-order chi connectivity index (χ1) is 9.26. The fourth-order valence-corrected chi connectivity index (χ4v) is 2.60. The van der Waals surface area contributed by atoms with Gasteiger partial charge in [0.25, 0.3) is 0 Å². The Morgan fingerprint density at radius 2 is 2.11 bits per heavy atom. The van der Waals surface area contributed by atoms with Crippen molar-refractivity contribution >= 4 is 22.6 Å². The molecular weight excluding hydrogens is 349 g/mol. The Morgan fingerprint density at radius 3 is 2.74 bits per heavy atom. The molecule has 0 spiro atoms. The van der Waals surface area contributed by atoms with E-state index in [1.165, 1.54) is 11.3 Å². The van der Waals surface area contributed by atoms with Crippen molar-refractivity contribution in [2.75, 3.05) is 6.54 Å². The van der Waals surface area contributed by atoms with E-state index in [0.29, 0.717) is 6.04 Å². The average molecular weight is 369 g/mol. The summed E-state index contributed by atoms with van der Waals surface area (Å²) in [5.41, 5.74) is 2.49. The van der Waals surface area contributed by atoms with E-state index < -0.39 is 0 Å². The third kappa shape index (κ3) is 3.57. The van der Waals surface area contributed by atoms with Crippen LogP contribution in [0.2, 0.25) is 0 Å². The van der Waals surface area contributed by atoms with E-state index in [1.54, 1.807) is 0 Å². The number of aromatic nitrogens is 2. The second kappa shape index (κ2) is 7.05. The predicted octanol–water partition coefficient (Wildman–Crippen LogP) is 3.93. The molecule has 1 aromatic carbocycles. The van der Waals surface area contributed by atoms with E-state index in [-0.39, 0.29) is 0 Å². The molecular formula is C15H20IN3. The van der Waals surface area contributed by atoms with Crippen LogP contribution in [0.4, 0.5) is 0 Å². The smallest absolute Gasteiger partial charge is 0.0693 e. The largest absolute Gasteiger partial charge is 0.310 e. The second-order valence-electron chi connectivity index (χ2n) is 4.58. The molecule has 0 aliphatic heterocycles. The topological polar surface area (TPSA) is 29.9 Å². The van der Waals surface area contributed by atoms with Gasteiger partial charge in [-0.25, -0.2) is 4.68 Å². The molecule has 0 amide bonds. The number of halogens is 1. The summed E-state index contributed by atoms with van der Waals surface area (Å²) in [7, 11) is 0. The van der Waals surface area contributed by atoms with E-state index in [4.69, 9.17) is 0 Å². The van der Waals surface area contributed by atoms with E-state index >= 15 is 0 Å². The quantitative estimate of drug-likeness (QED) is 0.782. The van der Waals surface area contributed by atoms with Crippen LogP contribution in [0.3, 0.4) is 0 Å². The highest BCUT2D eigenvalue weighted by molar-refractivity contribution is 14.1. The highest BCUT2D eigenvalue weighted by atomic mass is 127. The summed E-state index contributed by atoms with van der Waals surface area (Å²) in [4.78, 5) is 0. The fraction of sp³-hybridized carbons (Fsp3) is 0.400. The van der Waals surface area contributed by atoms with Gasteiger partial charge in [0.15, 0.2) is 0 Å². The van der Waals surface area contributed by atoms with Gasteiger partial charge in [-0.2, -0.15) is 5.10 Å². The number of rotatable bonds is 6. The zero-order valence-electron chi connectivity index (χ0n) is 11.4. The molecule has 0 saturated carbocycles. The Bertz CT molecular complexity index is 522. The Kier molecular flexibility index (Phi) is 5.39. The van der Waals surface area contributed by atoms with Crippen LogP contribution in [0.25, 0.3) is 5.69 Å². The lowest BCUT2D eigenvalue weighted by Crippen LogP contribution is -2.22. The zero-order chi connectivity index (χ0) is 13.7. The summed E-state index contributed by atoms with van der Waals surface area (Å²) in [6, 6.07) is 8.89. The summed E-state index contributed by atoms with van der Waals surface area (Å²) in [6.45, 7) is 5.46. The standard InChI is InChI=1S/C15H20IN3/c1-3-9-17-14(4-2)13-7-5-6-8-15(13)19-11-12(16)10-18-19/h5-8,10-11,14,17H,3-4,9H2,1-2H3. The third-order valence-electron chi connectivity index (χ3n) is 3.16. The first-order valence-electron chi connectivity index (χ1n) is 6.79. The van der Waals surface area contributed by atoms with Crippen molar-refractivity contribution in [2.24, 2.45) is 0 Å². The normalized spacial score (nSPS) is 12.6. The SMILES string of the molecule is CCCNC(CC)c1ccccc1-n1cc(I)cn1. The van der Waals surface area contributed by atoms with Crippen LogP contribution in [0, 0.1) is 3.57 Å². The molecule has 0 saturated heterocycles. The summed E-state index contributed by atoms with van der Waals surface area (Å²) in [5, 5.41) is 8.03. The van der Waals surface area contributed by atoms with Crippen molar-refractivity contribution in [3.63, 3.8) is 0 Å². The van der Waals surface area contributed by atoms with Gasteiger partial charge in [0, 0.05) is 12.2 Å². The molecule has 102 valence electrons. The molecule has 19 heavy (non-hydrogen) atoms. The van der Waals surface area contributed by atoms with Gasteiger partial charge >= 0.3 is 0 Å². The lowest BCUT2D eigenvalue weighted by atomic mass is 10.0. The minimum absolute atomic E-state index is 0.387. The molecule has 1 heterocycles. The van der Waals surface area contributed by atoms with Crippen LogP contribution in [-0.2, 0) is 0 Å². The maximum Gasteiger partial charge on any atom is 0.0693 e. The minimum atomic E-state index is 0.387. The first-order valence-corrected chi connectivity index (χ1v) is 7.87. The van der Waals surface area contributed by atoms with E-state index in [2.05, 4.69) is 77.3 Å². The molecule has 3 nitrogen and oxygen atoms in total.